The van der Waals surface area contributed by atoms with Gasteiger partial charge in [0.2, 0.25) is 0 Å². The molecule has 1 atom stereocenters. The van der Waals surface area contributed by atoms with Crippen molar-refractivity contribution in [2.45, 2.75) is 19.8 Å². The monoisotopic (exact) mass is 237 g/mol. The lowest BCUT2D eigenvalue weighted by molar-refractivity contribution is 0.0683. The van der Waals surface area contributed by atoms with E-state index in [2.05, 4.69) is 6.92 Å². The Morgan fingerprint density at radius 2 is 2.06 bits per heavy atom. The Morgan fingerprint density at radius 1 is 1.38 bits per heavy atom. The molecule has 1 aromatic rings. The summed E-state index contributed by atoms with van der Waals surface area (Å²) in [6, 6.07) is 7.12. The minimum absolute atomic E-state index is 0.128. The van der Waals surface area contributed by atoms with Crippen LogP contribution in [0.5, 0.6) is 0 Å². The molecule has 1 amide bonds. The summed E-state index contributed by atoms with van der Waals surface area (Å²) < 4.78 is 0. The molecule has 1 aromatic carbocycles. The fourth-order valence-electron chi connectivity index (χ4n) is 2.15. The minimum Gasteiger partial charge on any atom is -0.338 e. The van der Waals surface area contributed by atoms with Crippen molar-refractivity contribution in [3.8, 4) is 0 Å². The second-order valence-corrected chi connectivity index (χ2v) is 4.94. The van der Waals surface area contributed by atoms with E-state index in [0.29, 0.717) is 10.9 Å². The molecule has 3 heteroatoms. The van der Waals surface area contributed by atoms with E-state index in [1.54, 1.807) is 24.3 Å². The number of benzene rings is 1. The second-order valence-electron chi connectivity index (χ2n) is 4.51. The van der Waals surface area contributed by atoms with Gasteiger partial charge in [0.25, 0.3) is 5.91 Å². The van der Waals surface area contributed by atoms with Crippen molar-refractivity contribution in [3.05, 3.63) is 34.9 Å². The van der Waals surface area contributed by atoms with Crippen LogP contribution in [0.4, 0.5) is 0 Å². The number of halogens is 1. The van der Waals surface area contributed by atoms with Crippen LogP contribution in [0.2, 0.25) is 5.02 Å². The molecule has 86 valence electrons. The third kappa shape index (κ3) is 2.56. The number of amides is 1. The molecule has 1 fully saturated rings. The van der Waals surface area contributed by atoms with Crippen LogP contribution in [0.1, 0.15) is 30.1 Å². The zero-order valence-electron chi connectivity index (χ0n) is 9.45. The van der Waals surface area contributed by atoms with Crippen molar-refractivity contribution in [2.24, 2.45) is 5.92 Å². The Hall–Kier alpha value is -1.02. The standard InChI is InChI=1S/C13H16ClNO/c1-10-3-2-8-15(9-10)13(16)11-4-6-12(14)7-5-11/h4-7,10H,2-3,8-9H2,1H3/t10-/m1/s1. The molecule has 2 rings (SSSR count). The summed E-state index contributed by atoms with van der Waals surface area (Å²) in [6.45, 7) is 3.95. The number of hydrogen-bond acceptors (Lipinski definition) is 1. The summed E-state index contributed by atoms with van der Waals surface area (Å²) in [4.78, 5) is 14.1. The van der Waals surface area contributed by atoms with Crippen LogP contribution in [0.15, 0.2) is 24.3 Å². The van der Waals surface area contributed by atoms with Gasteiger partial charge in [0, 0.05) is 23.7 Å². The van der Waals surface area contributed by atoms with Crippen LogP contribution >= 0.6 is 11.6 Å². The Labute approximate surface area is 101 Å². The number of likely N-dealkylation sites (tertiary alicyclic amines) is 1. The van der Waals surface area contributed by atoms with Crippen LogP contribution in [0.25, 0.3) is 0 Å². The molecular weight excluding hydrogens is 222 g/mol. The molecule has 0 aliphatic carbocycles. The minimum atomic E-state index is 0.128. The van der Waals surface area contributed by atoms with Gasteiger partial charge in [-0.3, -0.25) is 4.79 Å². The van der Waals surface area contributed by atoms with E-state index in [-0.39, 0.29) is 5.91 Å². The van der Waals surface area contributed by atoms with Crippen molar-refractivity contribution in [3.63, 3.8) is 0 Å². The number of carbonyl (C=O) groups excluding carboxylic acids is 1. The van der Waals surface area contributed by atoms with Gasteiger partial charge in [0.15, 0.2) is 0 Å². The molecule has 2 nitrogen and oxygen atoms in total. The molecule has 0 radical (unpaired) electrons. The van der Waals surface area contributed by atoms with Gasteiger partial charge in [-0.2, -0.15) is 0 Å². The summed E-state index contributed by atoms with van der Waals surface area (Å²) in [5, 5.41) is 0.670. The number of nitrogens with zero attached hydrogens (tertiary/aromatic N) is 1. The number of hydrogen-bond donors (Lipinski definition) is 0. The maximum absolute atomic E-state index is 12.1. The summed E-state index contributed by atoms with van der Waals surface area (Å²) >= 11 is 5.80. The van der Waals surface area contributed by atoms with E-state index >= 15 is 0 Å². The maximum atomic E-state index is 12.1. The van der Waals surface area contributed by atoms with E-state index in [0.717, 1.165) is 25.1 Å². The van der Waals surface area contributed by atoms with Gasteiger partial charge >= 0.3 is 0 Å². The topological polar surface area (TPSA) is 20.3 Å². The SMILES string of the molecule is C[C@@H]1CCCN(C(=O)c2ccc(Cl)cc2)C1. The summed E-state index contributed by atoms with van der Waals surface area (Å²) in [7, 11) is 0. The Kier molecular flexibility index (Phi) is 3.49. The fraction of sp³-hybridized carbons (Fsp3) is 0.462. The normalized spacial score (nSPS) is 20.9. The fourth-order valence-corrected chi connectivity index (χ4v) is 2.27. The van der Waals surface area contributed by atoms with Crippen LogP contribution in [-0.2, 0) is 0 Å². The van der Waals surface area contributed by atoms with Gasteiger partial charge in [-0.05, 0) is 43.0 Å². The Bertz CT molecular complexity index is 374. The highest BCUT2D eigenvalue weighted by atomic mass is 35.5. The molecule has 1 aliphatic rings. The van der Waals surface area contributed by atoms with Gasteiger partial charge in [0.1, 0.15) is 0 Å². The zero-order valence-corrected chi connectivity index (χ0v) is 10.2. The molecule has 1 saturated heterocycles. The first-order valence-electron chi connectivity index (χ1n) is 5.71. The Morgan fingerprint density at radius 3 is 2.69 bits per heavy atom. The van der Waals surface area contributed by atoms with Crippen LogP contribution in [0, 0.1) is 5.92 Å². The zero-order chi connectivity index (χ0) is 11.5. The molecule has 0 spiro atoms. The van der Waals surface area contributed by atoms with E-state index in [1.807, 2.05) is 4.90 Å². The van der Waals surface area contributed by atoms with Crippen molar-refractivity contribution >= 4 is 17.5 Å². The highest BCUT2D eigenvalue weighted by molar-refractivity contribution is 6.30. The lowest BCUT2D eigenvalue weighted by atomic mass is 9.99. The first kappa shape index (κ1) is 11.5. The molecule has 1 aliphatic heterocycles. The lowest BCUT2D eigenvalue weighted by Crippen LogP contribution is -2.39. The van der Waals surface area contributed by atoms with E-state index in [9.17, 15) is 4.79 Å². The smallest absolute Gasteiger partial charge is 0.253 e. The van der Waals surface area contributed by atoms with Gasteiger partial charge in [-0.1, -0.05) is 18.5 Å². The van der Waals surface area contributed by atoms with E-state index in [1.165, 1.54) is 6.42 Å². The number of carbonyl (C=O) groups is 1. The van der Waals surface area contributed by atoms with Crippen molar-refractivity contribution in [1.82, 2.24) is 4.90 Å². The van der Waals surface area contributed by atoms with Crippen molar-refractivity contribution in [2.75, 3.05) is 13.1 Å². The van der Waals surface area contributed by atoms with Crippen LogP contribution in [0.3, 0.4) is 0 Å². The average Bonchev–Trinajstić information content (AvgIpc) is 2.29. The molecule has 0 bridgehead atoms. The highest BCUT2D eigenvalue weighted by Gasteiger charge is 2.21. The van der Waals surface area contributed by atoms with Crippen molar-refractivity contribution in [1.29, 1.82) is 0 Å². The molecule has 0 unspecified atom stereocenters. The number of rotatable bonds is 1. The quantitative estimate of drug-likeness (QED) is 0.735. The summed E-state index contributed by atoms with van der Waals surface area (Å²) in [5.41, 5.74) is 0.735. The predicted octanol–water partition coefficient (Wildman–Crippen LogP) is 3.21. The molecule has 0 aromatic heterocycles. The van der Waals surface area contributed by atoms with Crippen LogP contribution < -0.4 is 0 Å². The molecule has 0 saturated carbocycles. The van der Waals surface area contributed by atoms with Crippen LogP contribution in [-0.4, -0.2) is 23.9 Å². The maximum Gasteiger partial charge on any atom is 0.253 e. The predicted molar refractivity (Wildman–Crippen MR) is 65.8 cm³/mol. The number of piperidine rings is 1. The van der Waals surface area contributed by atoms with Gasteiger partial charge < -0.3 is 4.90 Å². The first-order chi connectivity index (χ1) is 7.66. The average molecular weight is 238 g/mol. The third-order valence-electron chi connectivity index (χ3n) is 3.04. The third-order valence-corrected chi connectivity index (χ3v) is 3.29. The lowest BCUT2D eigenvalue weighted by Gasteiger charge is -2.31. The molecule has 16 heavy (non-hydrogen) atoms. The molecule has 1 heterocycles. The largest absolute Gasteiger partial charge is 0.338 e. The van der Waals surface area contributed by atoms with E-state index in [4.69, 9.17) is 11.6 Å². The summed E-state index contributed by atoms with van der Waals surface area (Å²) in [5.74, 6) is 0.744. The first-order valence-corrected chi connectivity index (χ1v) is 6.09. The molecule has 0 N–H and O–H groups in total. The van der Waals surface area contributed by atoms with Gasteiger partial charge in [0.05, 0.1) is 0 Å². The summed E-state index contributed by atoms with van der Waals surface area (Å²) in [6.07, 6.45) is 2.34. The highest BCUT2D eigenvalue weighted by Crippen LogP contribution is 2.18. The van der Waals surface area contributed by atoms with Gasteiger partial charge in [-0.15, -0.1) is 0 Å². The Balaban J connectivity index is 2.09. The van der Waals surface area contributed by atoms with Gasteiger partial charge in [-0.25, -0.2) is 0 Å². The second kappa shape index (κ2) is 4.88. The van der Waals surface area contributed by atoms with E-state index < -0.39 is 0 Å². The molecular formula is C13H16ClNO. The van der Waals surface area contributed by atoms with Crippen molar-refractivity contribution < 1.29 is 4.79 Å².